The van der Waals surface area contributed by atoms with Crippen molar-refractivity contribution < 1.29 is 13.9 Å². The van der Waals surface area contributed by atoms with Crippen LogP contribution >= 0.6 is 0 Å². The lowest BCUT2D eigenvalue weighted by Crippen LogP contribution is -2.36. The summed E-state index contributed by atoms with van der Waals surface area (Å²) < 4.78 is 20.3. The minimum atomic E-state index is -0.689. The molecule has 1 heterocycles. The molecule has 0 fully saturated rings. The molecular formula is C19H18FN3O2. The normalized spacial score (nSPS) is 11.8. The van der Waals surface area contributed by atoms with Gasteiger partial charge in [-0.15, -0.1) is 0 Å². The minimum Gasteiger partial charge on any atom is -0.481 e. The molecule has 0 bridgehead atoms. The van der Waals surface area contributed by atoms with Crippen LogP contribution in [0.3, 0.4) is 0 Å². The molecule has 0 aliphatic heterocycles. The summed E-state index contributed by atoms with van der Waals surface area (Å²) in [5.41, 5.74) is 1.91. The van der Waals surface area contributed by atoms with Gasteiger partial charge in [-0.3, -0.25) is 4.79 Å². The predicted octanol–water partition coefficient (Wildman–Crippen LogP) is 3.10. The number of para-hydroxylation sites is 1. The molecule has 1 aromatic heterocycles. The average molecular weight is 339 g/mol. The van der Waals surface area contributed by atoms with Crippen LogP contribution in [0.15, 0.2) is 67.3 Å². The number of imidazole rings is 1. The van der Waals surface area contributed by atoms with E-state index in [1.165, 1.54) is 24.3 Å². The van der Waals surface area contributed by atoms with Crippen molar-refractivity contribution in [1.82, 2.24) is 14.9 Å². The van der Waals surface area contributed by atoms with Gasteiger partial charge in [-0.05, 0) is 42.8 Å². The van der Waals surface area contributed by atoms with Gasteiger partial charge in [-0.2, -0.15) is 0 Å². The number of aromatic nitrogens is 2. The first-order chi connectivity index (χ1) is 12.1. The number of rotatable bonds is 6. The van der Waals surface area contributed by atoms with Gasteiger partial charge in [0.05, 0.1) is 12.0 Å². The molecular weight excluding hydrogens is 321 g/mol. The molecule has 0 aliphatic carbocycles. The van der Waals surface area contributed by atoms with Crippen molar-refractivity contribution >= 4 is 5.91 Å². The topological polar surface area (TPSA) is 56.1 Å². The smallest absolute Gasteiger partial charge is 0.261 e. The van der Waals surface area contributed by atoms with E-state index < -0.39 is 6.10 Å². The SMILES string of the molecule is CC(Oc1ccc(F)cc1)C(=O)NCc1ccccc1-n1ccnc1. The van der Waals surface area contributed by atoms with E-state index in [0.29, 0.717) is 12.3 Å². The third-order valence-corrected chi connectivity index (χ3v) is 3.72. The van der Waals surface area contributed by atoms with Crippen LogP contribution in [0.25, 0.3) is 5.69 Å². The molecule has 0 aliphatic rings. The zero-order chi connectivity index (χ0) is 17.6. The van der Waals surface area contributed by atoms with Crippen molar-refractivity contribution in [1.29, 1.82) is 0 Å². The second kappa shape index (κ2) is 7.61. The first-order valence-corrected chi connectivity index (χ1v) is 7.89. The van der Waals surface area contributed by atoms with E-state index in [9.17, 15) is 9.18 Å². The molecule has 0 radical (unpaired) electrons. The van der Waals surface area contributed by atoms with E-state index in [1.807, 2.05) is 35.0 Å². The summed E-state index contributed by atoms with van der Waals surface area (Å²) in [6.45, 7) is 2.02. The molecule has 3 aromatic rings. The van der Waals surface area contributed by atoms with Gasteiger partial charge in [0.1, 0.15) is 11.6 Å². The number of halogens is 1. The second-order valence-corrected chi connectivity index (χ2v) is 5.53. The highest BCUT2D eigenvalue weighted by molar-refractivity contribution is 5.80. The summed E-state index contributed by atoms with van der Waals surface area (Å²) >= 11 is 0. The predicted molar refractivity (Wildman–Crippen MR) is 91.9 cm³/mol. The average Bonchev–Trinajstić information content (AvgIpc) is 3.16. The Labute approximate surface area is 145 Å². The number of carbonyl (C=O) groups excluding carboxylic acids is 1. The highest BCUT2D eigenvalue weighted by atomic mass is 19.1. The van der Waals surface area contributed by atoms with Crippen LogP contribution in [0.1, 0.15) is 12.5 Å². The zero-order valence-electron chi connectivity index (χ0n) is 13.7. The molecule has 1 unspecified atom stereocenters. The van der Waals surface area contributed by atoms with Crippen LogP contribution in [-0.4, -0.2) is 21.6 Å². The zero-order valence-corrected chi connectivity index (χ0v) is 13.7. The highest BCUT2D eigenvalue weighted by Crippen LogP contribution is 2.15. The molecule has 1 amide bonds. The molecule has 6 heteroatoms. The molecule has 1 atom stereocenters. The van der Waals surface area contributed by atoms with Gasteiger partial charge < -0.3 is 14.6 Å². The Bertz CT molecular complexity index is 832. The van der Waals surface area contributed by atoms with Crippen molar-refractivity contribution in [3.05, 3.63) is 78.6 Å². The van der Waals surface area contributed by atoms with E-state index in [-0.39, 0.29) is 11.7 Å². The van der Waals surface area contributed by atoms with Crippen molar-refractivity contribution in [2.45, 2.75) is 19.6 Å². The Morgan fingerprint density at radius 1 is 1.24 bits per heavy atom. The fraction of sp³-hybridized carbons (Fsp3) is 0.158. The van der Waals surface area contributed by atoms with Crippen LogP contribution in [0.4, 0.5) is 4.39 Å². The lowest BCUT2D eigenvalue weighted by atomic mass is 10.1. The molecule has 0 spiro atoms. The van der Waals surface area contributed by atoms with Gasteiger partial charge in [-0.1, -0.05) is 18.2 Å². The number of nitrogens with one attached hydrogen (secondary N) is 1. The highest BCUT2D eigenvalue weighted by Gasteiger charge is 2.15. The van der Waals surface area contributed by atoms with Crippen LogP contribution in [0, 0.1) is 5.82 Å². The second-order valence-electron chi connectivity index (χ2n) is 5.53. The van der Waals surface area contributed by atoms with E-state index in [4.69, 9.17) is 4.74 Å². The van der Waals surface area contributed by atoms with Crippen LogP contribution < -0.4 is 10.1 Å². The first kappa shape index (κ1) is 16.7. The van der Waals surface area contributed by atoms with E-state index in [0.717, 1.165) is 11.3 Å². The van der Waals surface area contributed by atoms with E-state index in [1.54, 1.807) is 19.4 Å². The van der Waals surface area contributed by atoms with E-state index >= 15 is 0 Å². The molecule has 5 nitrogen and oxygen atoms in total. The Morgan fingerprint density at radius 2 is 2.00 bits per heavy atom. The monoisotopic (exact) mass is 339 g/mol. The van der Waals surface area contributed by atoms with Gasteiger partial charge in [0.15, 0.2) is 6.10 Å². The van der Waals surface area contributed by atoms with Gasteiger partial charge in [-0.25, -0.2) is 9.37 Å². The van der Waals surface area contributed by atoms with Crippen molar-refractivity contribution in [2.75, 3.05) is 0 Å². The summed E-state index contributed by atoms with van der Waals surface area (Å²) in [5, 5.41) is 2.86. The van der Waals surface area contributed by atoms with Crippen molar-refractivity contribution in [3.63, 3.8) is 0 Å². The van der Waals surface area contributed by atoms with Crippen molar-refractivity contribution in [2.24, 2.45) is 0 Å². The standard InChI is InChI=1S/C19H18FN3O2/c1-14(25-17-8-6-16(20)7-9-17)19(24)22-12-15-4-2-3-5-18(15)23-11-10-21-13-23/h2-11,13-14H,12H2,1H3,(H,22,24). The molecule has 1 N–H and O–H groups in total. The van der Waals surface area contributed by atoms with Gasteiger partial charge in [0.2, 0.25) is 0 Å². The molecule has 128 valence electrons. The van der Waals surface area contributed by atoms with Crippen molar-refractivity contribution in [3.8, 4) is 11.4 Å². The molecule has 3 rings (SSSR count). The summed E-state index contributed by atoms with van der Waals surface area (Å²) in [6.07, 6.45) is 4.57. The maximum atomic E-state index is 12.9. The number of benzene rings is 2. The van der Waals surface area contributed by atoms with Gasteiger partial charge in [0, 0.05) is 18.9 Å². The number of nitrogens with zero attached hydrogens (tertiary/aromatic N) is 2. The van der Waals surface area contributed by atoms with Crippen LogP contribution in [-0.2, 0) is 11.3 Å². The third kappa shape index (κ3) is 4.23. The summed E-state index contributed by atoms with van der Waals surface area (Å²) in [5.74, 6) is -0.145. The number of amides is 1. The Morgan fingerprint density at radius 3 is 2.72 bits per heavy atom. The molecule has 2 aromatic carbocycles. The van der Waals surface area contributed by atoms with Gasteiger partial charge in [0.25, 0.3) is 5.91 Å². The number of hydrogen-bond acceptors (Lipinski definition) is 3. The lowest BCUT2D eigenvalue weighted by Gasteiger charge is -2.16. The fourth-order valence-corrected chi connectivity index (χ4v) is 2.41. The maximum absolute atomic E-state index is 12.9. The first-order valence-electron chi connectivity index (χ1n) is 7.89. The van der Waals surface area contributed by atoms with Gasteiger partial charge >= 0.3 is 0 Å². The van der Waals surface area contributed by atoms with Crippen LogP contribution in [0.5, 0.6) is 5.75 Å². The summed E-state index contributed by atoms with van der Waals surface area (Å²) in [6, 6.07) is 13.3. The number of carbonyl (C=O) groups is 1. The summed E-state index contributed by atoms with van der Waals surface area (Å²) in [7, 11) is 0. The minimum absolute atomic E-state index is 0.246. The Hall–Kier alpha value is -3.15. The molecule has 25 heavy (non-hydrogen) atoms. The quantitative estimate of drug-likeness (QED) is 0.751. The largest absolute Gasteiger partial charge is 0.481 e. The summed E-state index contributed by atoms with van der Waals surface area (Å²) in [4.78, 5) is 16.3. The lowest BCUT2D eigenvalue weighted by molar-refractivity contribution is -0.127. The Balaban J connectivity index is 1.62. The third-order valence-electron chi connectivity index (χ3n) is 3.72. The Kier molecular flexibility index (Phi) is 5.09. The molecule has 0 saturated carbocycles. The fourth-order valence-electron chi connectivity index (χ4n) is 2.41. The number of ether oxygens (including phenoxy) is 1. The van der Waals surface area contributed by atoms with E-state index in [2.05, 4.69) is 10.3 Å². The van der Waals surface area contributed by atoms with Crippen LogP contribution in [0.2, 0.25) is 0 Å². The number of hydrogen-bond donors (Lipinski definition) is 1. The maximum Gasteiger partial charge on any atom is 0.261 e. The molecule has 0 saturated heterocycles.